The first kappa shape index (κ1) is 13.9. The lowest BCUT2D eigenvalue weighted by atomic mass is 10.0. The van der Waals surface area contributed by atoms with Crippen molar-refractivity contribution in [2.45, 2.75) is 25.9 Å². The summed E-state index contributed by atoms with van der Waals surface area (Å²) in [7, 11) is 3.73. The van der Waals surface area contributed by atoms with Crippen LogP contribution in [0.1, 0.15) is 19.4 Å². The van der Waals surface area contributed by atoms with Crippen LogP contribution in [0.3, 0.4) is 0 Å². The number of rotatable bonds is 5. The van der Waals surface area contributed by atoms with E-state index in [2.05, 4.69) is 5.32 Å². The summed E-state index contributed by atoms with van der Waals surface area (Å²) in [6.07, 6.45) is 0. The van der Waals surface area contributed by atoms with E-state index in [1.54, 1.807) is 6.07 Å². The third-order valence-corrected chi connectivity index (χ3v) is 3.07. The smallest absolute Gasteiger partial charge is 0.123 e. The van der Waals surface area contributed by atoms with Crippen LogP contribution in [0.2, 0.25) is 0 Å². The highest BCUT2D eigenvalue weighted by atomic mass is 19.1. The second-order valence-electron chi connectivity index (χ2n) is 4.83. The van der Waals surface area contributed by atoms with Crippen molar-refractivity contribution in [2.24, 2.45) is 0 Å². The van der Waals surface area contributed by atoms with Gasteiger partial charge >= 0.3 is 0 Å². The molecule has 0 saturated carbocycles. The van der Waals surface area contributed by atoms with Crippen molar-refractivity contribution < 1.29 is 9.50 Å². The van der Waals surface area contributed by atoms with Crippen LogP contribution >= 0.6 is 0 Å². The minimum Gasteiger partial charge on any atom is -0.394 e. The zero-order valence-electron chi connectivity index (χ0n) is 10.9. The summed E-state index contributed by atoms with van der Waals surface area (Å²) >= 11 is 0. The van der Waals surface area contributed by atoms with Gasteiger partial charge in [0.25, 0.3) is 0 Å². The van der Waals surface area contributed by atoms with Gasteiger partial charge in [-0.3, -0.25) is 0 Å². The molecule has 0 unspecified atom stereocenters. The molecule has 4 heteroatoms. The minimum absolute atomic E-state index is 0.0415. The SMILES string of the molecule is CNCc1cc(F)ccc1N(C)C(C)(C)CO. The first-order valence-electron chi connectivity index (χ1n) is 5.70. The molecule has 1 aromatic rings. The fourth-order valence-corrected chi connectivity index (χ4v) is 1.65. The number of nitrogens with one attached hydrogen (secondary N) is 1. The molecule has 0 aliphatic rings. The maximum absolute atomic E-state index is 13.2. The van der Waals surface area contributed by atoms with Crippen LogP contribution in [0, 0.1) is 5.82 Å². The summed E-state index contributed by atoms with van der Waals surface area (Å²) in [6, 6.07) is 4.72. The van der Waals surface area contributed by atoms with Gasteiger partial charge in [-0.25, -0.2) is 4.39 Å². The Morgan fingerprint density at radius 3 is 2.59 bits per heavy atom. The molecule has 1 aromatic carbocycles. The Morgan fingerprint density at radius 2 is 2.06 bits per heavy atom. The molecule has 0 aliphatic carbocycles. The van der Waals surface area contributed by atoms with Crippen LogP contribution in [0.25, 0.3) is 0 Å². The van der Waals surface area contributed by atoms with E-state index in [1.807, 2.05) is 32.8 Å². The molecule has 0 amide bonds. The number of nitrogens with zero attached hydrogens (tertiary/aromatic N) is 1. The number of anilines is 1. The van der Waals surface area contributed by atoms with Gasteiger partial charge in [0.2, 0.25) is 0 Å². The molecule has 17 heavy (non-hydrogen) atoms. The Labute approximate surface area is 102 Å². The van der Waals surface area contributed by atoms with Gasteiger partial charge in [-0.2, -0.15) is 0 Å². The molecule has 0 atom stereocenters. The van der Waals surface area contributed by atoms with Gasteiger partial charge in [0.15, 0.2) is 0 Å². The Hall–Kier alpha value is -1.13. The summed E-state index contributed by atoms with van der Waals surface area (Å²) in [5.41, 5.74) is 1.44. The minimum atomic E-state index is -0.375. The van der Waals surface area contributed by atoms with Crippen molar-refractivity contribution in [1.29, 1.82) is 0 Å². The second kappa shape index (κ2) is 5.47. The number of halogens is 1. The number of benzene rings is 1. The summed E-state index contributed by atoms with van der Waals surface area (Å²) in [5, 5.41) is 12.4. The largest absolute Gasteiger partial charge is 0.394 e. The van der Waals surface area contributed by atoms with Gasteiger partial charge in [-0.05, 0) is 44.7 Å². The third-order valence-electron chi connectivity index (χ3n) is 3.07. The van der Waals surface area contributed by atoms with Crippen molar-refractivity contribution in [3.05, 3.63) is 29.6 Å². The topological polar surface area (TPSA) is 35.5 Å². The van der Waals surface area contributed by atoms with E-state index in [9.17, 15) is 9.50 Å². The molecule has 0 radical (unpaired) electrons. The molecule has 0 heterocycles. The van der Waals surface area contributed by atoms with Gasteiger partial charge in [0.1, 0.15) is 5.82 Å². The van der Waals surface area contributed by atoms with Crippen molar-refractivity contribution in [3.63, 3.8) is 0 Å². The molecular weight excluding hydrogens is 219 g/mol. The zero-order valence-corrected chi connectivity index (χ0v) is 10.9. The molecule has 0 spiro atoms. The monoisotopic (exact) mass is 240 g/mol. The number of aliphatic hydroxyl groups excluding tert-OH is 1. The highest BCUT2D eigenvalue weighted by molar-refractivity contribution is 5.55. The Bertz CT molecular complexity index is 380. The molecule has 96 valence electrons. The van der Waals surface area contributed by atoms with Crippen LogP contribution in [0.5, 0.6) is 0 Å². The highest BCUT2D eigenvalue weighted by Gasteiger charge is 2.24. The van der Waals surface area contributed by atoms with Crippen molar-refractivity contribution >= 4 is 5.69 Å². The molecule has 3 nitrogen and oxygen atoms in total. The van der Waals surface area contributed by atoms with Crippen LogP contribution in [-0.4, -0.2) is 31.3 Å². The van der Waals surface area contributed by atoms with Gasteiger partial charge in [0, 0.05) is 19.3 Å². The normalized spacial score (nSPS) is 11.6. The lowest BCUT2D eigenvalue weighted by molar-refractivity contribution is 0.216. The predicted molar refractivity (Wildman–Crippen MR) is 68.7 cm³/mol. The Kier molecular flexibility index (Phi) is 4.48. The van der Waals surface area contributed by atoms with Crippen molar-refractivity contribution in [1.82, 2.24) is 5.32 Å². The maximum Gasteiger partial charge on any atom is 0.123 e. The average Bonchev–Trinajstić information content (AvgIpc) is 2.29. The molecule has 0 aromatic heterocycles. The number of hydrogen-bond acceptors (Lipinski definition) is 3. The number of hydrogen-bond donors (Lipinski definition) is 2. The van der Waals surface area contributed by atoms with E-state index < -0.39 is 0 Å². The maximum atomic E-state index is 13.2. The molecule has 2 N–H and O–H groups in total. The summed E-state index contributed by atoms with van der Waals surface area (Å²) < 4.78 is 13.2. The molecule has 0 aliphatic heterocycles. The van der Waals surface area contributed by atoms with Gasteiger partial charge < -0.3 is 15.3 Å². The number of likely N-dealkylation sites (N-methyl/N-ethyl adjacent to an activating group) is 1. The summed E-state index contributed by atoms with van der Waals surface area (Å²) in [5.74, 6) is -0.241. The van der Waals surface area contributed by atoms with Gasteiger partial charge in [-0.1, -0.05) is 0 Å². The van der Waals surface area contributed by atoms with E-state index in [0.29, 0.717) is 6.54 Å². The lowest BCUT2D eigenvalue weighted by Gasteiger charge is -2.37. The molecule has 0 fully saturated rings. The second-order valence-corrected chi connectivity index (χ2v) is 4.83. The fourth-order valence-electron chi connectivity index (χ4n) is 1.65. The van der Waals surface area contributed by atoms with Crippen LogP contribution in [-0.2, 0) is 6.54 Å². The lowest BCUT2D eigenvalue weighted by Crippen LogP contribution is -2.45. The fraction of sp³-hybridized carbons (Fsp3) is 0.538. The molecule has 1 rings (SSSR count). The van der Waals surface area contributed by atoms with Crippen LogP contribution in [0.4, 0.5) is 10.1 Å². The van der Waals surface area contributed by atoms with Crippen molar-refractivity contribution in [2.75, 3.05) is 25.6 Å². The quantitative estimate of drug-likeness (QED) is 0.823. The molecule has 0 bridgehead atoms. The Balaban J connectivity index is 3.12. The van der Waals surface area contributed by atoms with Crippen molar-refractivity contribution in [3.8, 4) is 0 Å². The third kappa shape index (κ3) is 3.17. The van der Waals surface area contributed by atoms with E-state index in [-0.39, 0.29) is 18.0 Å². The molecular formula is C13H21FN2O. The van der Waals surface area contributed by atoms with E-state index in [4.69, 9.17) is 0 Å². The van der Waals surface area contributed by atoms with Crippen LogP contribution in [0.15, 0.2) is 18.2 Å². The standard InChI is InChI=1S/C13H21FN2O/c1-13(2,9-17)16(4)12-6-5-11(14)7-10(12)8-15-3/h5-7,15,17H,8-9H2,1-4H3. The highest BCUT2D eigenvalue weighted by Crippen LogP contribution is 2.26. The first-order chi connectivity index (χ1) is 7.92. The van der Waals surface area contributed by atoms with Crippen LogP contribution < -0.4 is 10.2 Å². The average molecular weight is 240 g/mol. The van der Waals surface area contributed by atoms with E-state index in [0.717, 1.165) is 11.3 Å². The predicted octanol–water partition coefficient (Wildman–Crippen LogP) is 1.75. The van der Waals surface area contributed by atoms with Gasteiger partial charge in [-0.15, -0.1) is 0 Å². The van der Waals surface area contributed by atoms with E-state index >= 15 is 0 Å². The number of aliphatic hydroxyl groups is 1. The summed E-state index contributed by atoms with van der Waals surface area (Å²) in [4.78, 5) is 1.97. The first-order valence-corrected chi connectivity index (χ1v) is 5.70. The molecule has 0 saturated heterocycles. The van der Waals surface area contributed by atoms with Gasteiger partial charge in [0.05, 0.1) is 12.1 Å². The Morgan fingerprint density at radius 1 is 1.41 bits per heavy atom. The van der Waals surface area contributed by atoms with E-state index in [1.165, 1.54) is 12.1 Å². The zero-order chi connectivity index (χ0) is 13.1. The summed E-state index contributed by atoms with van der Waals surface area (Å²) in [6.45, 7) is 4.53.